The molecule has 1 unspecified atom stereocenters. The predicted octanol–water partition coefficient (Wildman–Crippen LogP) is 2.99. The lowest BCUT2D eigenvalue weighted by molar-refractivity contribution is 0.338. The second-order valence-corrected chi connectivity index (χ2v) is 6.62. The number of hydrogen-bond acceptors (Lipinski definition) is 5. The van der Waals surface area contributed by atoms with E-state index in [0.29, 0.717) is 11.6 Å². The molecule has 4 rings (SSSR count). The van der Waals surface area contributed by atoms with Crippen LogP contribution < -0.4 is 15.4 Å². The van der Waals surface area contributed by atoms with Crippen LogP contribution in [0.2, 0.25) is 5.02 Å². The van der Waals surface area contributed by atoms with Gasteiger partial charge in [0, 0.05) is 36.5 Å². The van der Waals surface area contributed by atoms with Crippen molar-refractivity contribution in [3.8, 4) is 16.9 Å². The van der Waals surface area contributed by atoms with Gasteiger partial charge in [-0.1, -0.05) is 11.6 Å². The van der Waals surface area contributed by atoms with Crippen LogP contribution in [0.1, 0.15) is 13.3 Å². The molecule has 1 saturated heterocycles. The predicted molar refractivity (Wildman–Crippen MR) is 99.4 cm³/mol. The summed E-state index contributed by atoms with van der Waals surface area (Å²) in [5, 5.41) is 4.90. The standard InChI is InChI=1S/C18H20ClN5O/c1-2-25-14-7-15(18-16(19)9-22-24(18)11-14)12-3-4-17(21-8-12)23-6-5-13(20)10-23/h3-4,7-9,11,13H,2,5-6,10,20H2,1H3. The van der Waals surface area contributed by atoms with E-state index in [9.17, 15) is 0 Å². The lowest BCUT2D eigenvalue weighted by Crippen LogP contribution is -2.26. The number of rotatable bonds is 4. The van der Waals surface area contributed by atoms with E-state index >= 15 is 0 Å². The number of halogens is 1. The minimum Gasteiger partial charge on any atom is -0.492 e. The fourth-order valence-corrected chi connectivity index (χ4v) is 3.49. The first-order chi connectivity index (χ1) is 12.2. The Morgan fingerprint density at radius 3 is 2.92 bits per heavy atom. The molecule has 3 aromatic heterocycles. The van der Waals surface area contributed by atoms with Crippen molar-refractivity contribution in [3.63, 3.8) is 0 Å². The molecule has 130 valence electrons. The number of anilines is 1. The molecule has 0 aliphatic carbocycles. The van der Waals surface area contributed by atoms with Crippen molar-refractivity contribution in [1.29, 1.82) is 0 Å². The minimum absolute atomic E-state index is 0.231. The largest absolute Gasteiger partial charge is 0.492 e. The van der Waals surface area contributed by atoms with Crippen molar-refractivity contribution in [3.05, 3.63) is 41.8 Å². The fourth-order valence-electron chi connectivity index (χ4n) is 3.25. The average molecular weight is 358 g/mol. The van der Waals surface area contributed by atoms with E-state index in [1.807, 2.05) is 31.5 Å². The summed E-state index contributed by atoms with van der Waals surface area (Å²) in [7, 11) is 0. The lowest BCUT2D eigenvalue weighted by Gasteiger charge is -2.17. The molecule has 3 aromatic rings. The van der Waals surface area contributed by atoms with Crippen LogP contribution in [0.15, 0.2) is 36.8 Å². The Labute approximate surface area is 151 Å². The summed E-state index contributed by atoms with van der Waals surface area (Å²) in [5.74, 6) is 1.70. The highest BCUT2D eigenvalue weighted by Crippen LogP contribution is 2.33. The summed E-state index contributed by atoms with van der Waals surface area (Å²) in [4.78, 5) is 6.84. The van der Waals surface area contributed by atoms with Crippen LogP contribution in [-0.2, 0) is 0 Å². The van der Waals surface area contributed by atoms with Gasteiger partial charge in [0.15, 0.2) is 0 Å². The number of hydrogen-bond donors (Lipinski definition) is 1. The molecule has 1 fully saturated rings. The normalized spacial score (nSPS) is 17.4. The fraction of sp³-hybridized carbons (Fsp3) is 0.333. The van der Waals surface area contributed by atoms with Crippen LogP contribution in [0.4, 0.5) is 5.82 Å². The van der Waals surface area contributed by atoms with E-state index in [2.05, 4.69) is 21.0 Å². The van der Waals surface area contributed by atoms with Crippen molar-refractivity contribution >= 4 is 22.9 Å². The van der Waals surface area contributed by atoms with Crippen molar-refractivity contribution in [2.24, 2.45) is 5.73 Å². The van der Waals surface area contributed by atoms with Crippen LogP contribution in [0.5, 0.6) is 5.75 Å². The van der Waals surface area contributed by atoms with E-state index in [0.717, 1.165) is 47.7 Å². The first-order valence-corrected chi connectivity index (χ1v) is 8.80. The van der Waals surface area contributed by atoms with E-state index in [1.165, 1.54) is 0 Å². The van der Waals surface area contributed by atoms with Crippen molar-refractivity contribution in [2.45, 2.75) is 19.4 Å². The molecule has 1 atom stereocenters. The van der Waals surface area contributed by atoms with Crippen molar-refractivity contribution in [2.75, 3.05) is 24.6 Å². The van der Waals surface area contributed by atoms with Crippen LogP contribution in [-0.4, -0.2) is 40.3 Å². The molecular formula is C18H20ClN5O. The van der Waals surface area contributed by atoms with Gasteiger partial charge < -0.3 is 15.4 Å². The van der Waals surface area contributed by atoms with E-state index < -0.39 is 0 Å². The Hall–Kier alpha value is -2.31. The third kappa shape index (κ3) is 3.03. The molecule has 1 aliphatic heterocycles. The third-order valence-corrected chi connectivity index (χ3v) is 4.74. The second kappa shape index (κ2) is 6.54. The maximum atomic E-state index is 6.34. The van der Waals surface area contributed by atoms with Gasteiger partial charge in [-0.15, -0.1) is 0 Å². The zero-order valence-corrected chi connectivity index (χ0v) is 14.8. The van der Waals surface area contributed by atoms with Gasteiger partial charge in [0.25, 0.3) is 0 Å². The molecule has 1 aliphatic rings. The monoisotopic (exact) mass is 357 g/mol. The molecular weight excluding hydrogens is 338 g/mol. The number of nitrogens with zero attached hydrogens (tertiary/aromatic N) is 4. The lowest BCUT2D eigenvalue weighted by atomic mass is 10.1. The summed E-state index contributed by atoms with van der Waals surface area (Å²) >= 11 is 6.34. The number of fused-ring (bicyclic) bond motifs is 1. The summed E-state index contributed by atoms with van der Waals surface area (Å²) in [6, 6.07) is 6.30. The topological polar surface area (TPSA) is 68.7 Å². The average Bonchev–Trinajstić information content (AvgIpc) is 3.21. The minimum atomic E-state index is 0.231. The Morgan fingerprint density at radius 1 is 1.36 bits per heavy atom. The summed E-state index contributed by atoms with van der Waals surface area (Å²) in [5.41, 5.74) is 8.76. The van der Waals surface area contributed by atoms with Crippen molar-refractivity contribution < 1.29 is 4.74 Å². The molecule has 0 amide bonds. The number of nitrogens with two attached hydrogens (primary N) is 1. The molecule has 2 N–H and O–H groups in total. The molecule has 4 heterocycles. The molecule has 25 heavy (non-hydrogen) atoms. The third-order valence-electron chi connectivity index (χ3n) is 4.46. The molecule has 0 bridgehead atoms. The quantitative estimate of drug-likeness (QED) is 0.777. The number of aromatic nitrogens is 3. The Morgan fingerprint density at radius 2 is 2.24 bits per heavy atom. The van der Waals surface area contributed by atoms with E-state index in [-0.39, 0.29) is 6.04 Å². The Bertz CT molecular complexity index is 892. The molecule has 6 nitrogen and oxygen atoms in total. The number of pyridine rings is 2. The maximum Gasteiger partial charge on any atom is 0.138 e. The molecule has 7 heteroatoms. The number of ether oxygens (including phenoxy) is 1. The zero-order valence-electron chi connectivity index (χ0n) is 14.0. The smallest absolute Gasteiger partial charge is 0.138 e. The summed E-state index contributed by atoms with van der Waals surface area (Å²) < 4.78 is 7.40. The van der Waals surface area contributed by atoms with Gasteiger partial charge in [0.1, 0.15) is 11.6 Å². The summed E-state index contributed by atoms with van der Waals surface area (Å²) in [6.45, 7) is 4.35. The molecule has 0 saturated carbocycles. The first-order valence-electron chi connectivity index (χ1n) is 8.42. The SMILES string of the molecule is CCOc1cc(-c2ccc(N3CCC(N)C3)nc2)c2c(Cl)cnn2c1. The van der Waals surface area contributed by atoms with Gasteiger partial charge in [-0.2, -0.15) is 5.10 Å². The highest BCUT2D eigenvalue weighted by Gasteiger charge is 2.20. The second-order valence-electron chi connectivity index (χ2n) is 6.21. The van der Waals surface area contributed by atoms with Gasteiger partial charge in [-0.3, -0.25) is 0 Å². The van der Waals surface area contributed by atoms with E-state index in [4.69, 9.17) is 22.1 Å². The van der Waals surface area contributed by atoms with Gasteiger partial charge in [0.2, 0.25) is 0 Å². The zero-order chi connectivity index (χ0) is 17.4. The first kappa shape index (κ1) is 16.2. The van der Waals surface area contributed by atoms with Crippen molar-refractivity contribution in [1.82, 2.24) is 14.6 Å². The van der Waals surface area contributed by atoms with Gasteiger partial charge >= 0.3 is 0 Å². The highest BCUT2D eigenvalue weighted by atomic mass is 35.5. The Kier molecular flexibility index (Phi) is 4.23. The van der Waals surface area contributed by atoms with Crippen LogP contribution >= 0.6 is 11.6 Å². The van der Waals surface area contributed by atoms with Gasteiger partial charge in [0.05, 0.1) is 29.5 Å². The van der Waals surface area contributed by atoms with Crippen LogP contribution in [0.3, 0.4) is 0 Å². The van der Waals surface area contributed by atoms with Crippen LogP contribution in [0, 0.1) is 0 Å². The highest BCUT2D eigenvalue weighted by molar-refractivity contribution is 6.34. The Balaban J connectivity index is 1.74. The molecule has 0 aromatic carbocycles. The van der Waals surface area contributed by atoms with E-state index in [1.54, 1.807) is 10.7 Å². The van der Waals surface area contributed by atoms with Gasteiger partial charge in [-0.05, 0) is 31.5 Å². The summed E-state index contributed by atoms with van der Waals surface area (Å²) in [6.07, 6.45) is 6.35. The molecule has 0 radical (unpaired) electrons. The molecule has 0 spiro atoms. The van der Waals surface area contributed by atoms with Gasteiger partial charge in [-0.25, -0.2) is 9.50 Å². The van der Waals surface area contributed by atoms with Crippen LogP contribution in [0.25, 0.3) is 16.6 Å². The maximum absolute atomic E-state index is 6.34.